The van der Waals surface area contributed by atoms with Gasteiger partial charge in [-0.15, -0.1) is 11.3 Å². The van der Waals surface area contributed by atoms with Gasteiger partial charge in [-0.25, -0.2) is 18.5 Å². The van der Waals surface area contributed by atoms with Crippen molar-refractivity contribution in [1.82, 2.24) is 4.98 Å². The number of anilines is 1. The summed E-state index contributed by atoms with van der Waals surface area (Å²) in [4.78, 5) is 5.40. The summed E-state index contributed by atoms with van der Waals surface area (Å²) in [6, 6.07) is 6.34. The predicted octanol–water partition coefficient (Wildman–Crippen LogP) is 1.71. The van der Waals surface area contributed by atoms with E-state index in [0.717, 1.165) is 15.6 Å². The molecular weight excluding hydrogens is 270 g/mol. The standard InChI is InChI=1S/C11H13N3O2S2/c1-8-13-6-10(17-8)7-14-9-2-4-11(5-3-9)18(12,15)16/h2-6,14H,7H2,1H3,(H2,12,15,16). The lowest BCUT2D eigenvalue weighted by Crippen LogP contribution is -2.11. The highest BCUT2D eigenvalue weighted by Crippen LogP contribution is 2.16. The van der Waals surface area contributed by atoms with Crippen molar-refractivity contribution in [2.24, 2.45) is 5.14 Å². The lowest BCUT2D eigenvalue weighted by atomic mass is 10.3. The highest BCUT2D eigenvalue weighted by Gasteiger charge is 2.06. The average molecular weight is 283 g/mol. The third-order valence-electron chi connectivity index (χ3n) is 2.32. The fourth-order valence-electron chi connectivity index (χ4n) is 1.44. The van der Waals surface area contributed by atoms with Crippen LogP contribution in [0.5, 0.6) is 0 Å². The lowest BCUT2D eigenvalue weighted by molar-refractivity contribution is 0.598. The first-order chi connectivity index (χ1) is 8.45. The van der Waals surface area contributed by atoms with Gasteiger partial charge in [0.25, 0.3) is 0 Å². The molecule has 3 N–H and O–H groups in total. The number of sulfonamides is 1. The molecule has 0 unspecified atom stereocenters. The molecule has 0 atom stereocenters. The van der Waals surface area contributed by atoms with Crippen molar-refractivity contribution in [3.8, 4) is 0 Å². The molecule has 0 saturated heterocycles. The van der Waals surface area contributed by atoms with Crippen LogP contribution in [0.1, 0.15) is 9.88 Å². The van der Waals surface area contributed by atoms with E-state index in [0.29, 0.717) is 6.54 Å². The molecule has 0 spiro atoms. The number of aromatic nitrogens is 1. The van der Waals surface area contributed by atoms with Gasteiger partial charge in [-0.05, 0) is 31.2 Å². The van der Waals surface area contributed by atoms with Crippen LogP contribution < -0.4 is 10.5 Å². The fraction of sp³-hybridized carbons (Fsp3) is 0.182. The van der Waals surface area contributed by atoms with E-state index in [1.807, 2.05) is 13.1 Å². The topological polar surface area (TPSA) is 85.1 Å². The van der Waals surface area contributed by atoms with E-state index in [-0.39, 0.29) is 4.90 Å². The van der Waals surface area contributed by atoms with Crippen molar-refractivity contribution in [3.05, 3.63) is 40.3 Å². The van der Waals surface area contributed by atoms with Gasteiger partial charge in [0.1, 0.15) is 0 Å². The second-order valence-electron chi connectivity index (χ2n) is 3.77. The molecule has 2 rings (SSSR count). The second-order valence-corrected chi connectivity index (χ2v) is 6.65. The molecule has 7 heteroatoms. The third kappa shape index (κ3) is 3.28. The number of nitrogens with two attached hydrogens (primary N) is 1. The molecule has 0 aliphatic heterocycles. The highest BCUT2D eigenvalue weighted by atomic mass is 32.2. The molecule has 0 amide bonds. The van der Waals surface area contributed by atoms with E-state index in [9.17, 15) is 8.42 Å². The summed E-state index contributed by atoms with van der Waals surface area (Å²) in [6.07, 6.45) is 1.83. The Morgan fingerprint density at radius 2 is 2.00 bits per heavy atom. The van der Waals surface area contributed by atoms with Crippen molar-refractivity contribution in [1.29, 1.82) is 0 Å². The van der Waals surface area contributed by atoms with Gasteiger partial charge in [-0.3, -0.25) is 0 Å². The molecule has 0 bridgehead atoms. The SMILES string of the molecule is Cc1ncc(CNc2ccc(S(N)(=O)=O)cc2)s1. The quantitative estimate of drug-likeness (QED) is 0.894. The van der Waals surface area contributed by atoms with Gasteiger partial charge in [0.15, 0.2) is 0 Å². The zero-order valence-electron chi connectivity index (χ0n) is 9.75. The molecule has 2 aromatic rings. The van der Waals surface area contributed by atoms with Crippen molar-refractivity contribution in [3.63, 3.8) is 0 Å². The first-order valence-corrected chi connectivity index (χ1v) is 7.59. The molecular formula is C11H13N3O2S2. The van der Waals surface area contributed by atoms with Crippen molar-refractivity contribution in [2.75, 3.05) is 5.32 Å². The Hall–Kier alpha value is -1.44. The number of nitrogens with zero attached hydrogens (tertiary/aromatic N) is 1. The summed E-state index contributed by atoms with van der Waals surface area (Å²) in [6.45, 7) is 2.62. The summed E-state index contributed by atoms with van der Waals surface area (Å²) in [7, 11) is -3.62. The molecule has 0 fully saturated rings. The summed E-state index contributed by atoms with van der Waals surface area (Å²) in [5, 5.41) is 9.23. The third-order valence-corrected chi connectivity index (χ3v) is 4.16. The van der Waals surface area contributed by atoms with Crippen LogP contribution in [0.15, 0.2) is 35.4 Å². The van der Waals surface area contributed by atoms with Crippen LogP contribution >= 0.6 is 11.3 Å². The van der Waals surface area contributed by atoms with E-state index < -0.39 is 10.0 Å². The van der Waals surface area contributed by atoms with Gasteiger partial charge in [0.2, 0.25) is 10.0 Å². The van der Waals surface area contributed by atoms with Gasteiger partial charge >= 0.3 is 0 Å². The summed E-state index contributed by atoms with van der Waals surface area (Å²) in [5.41, 5.74) is 0.841. The van der Waals surface area contributed by atoms with Crippen LogP contribution in [0.25, 0.3) is 0 Å². The number of benzene rings is 1. The molecule has 0 aliphatic rings. The zero-order chi connectivity index (χ0) is 13.2. The normalized spacial score (nSPS) is 11.4. The van der Waals surface area contributed by atoms with E-state index in [2.05, 4.69) is 10.3 Å². The van der Waals surface area contributed by atoms with Crippen molar-refractivity contribution in [2.45, 2.75) is 18.4 Å². The Kier molecular flexibility index (Phi) is 3.65. The van der Waals surface area contributed by atoms with Crippen LogP contribution in [-0.2, 0) is 16.6 Å². The van der Waals surface area contributed by atoms with Gasteiger partial charge < -0.3 is 5.32 Å². The summed E-state index contributed by atoms with van der Waals surface area (Å²) in [5.74, 6) is 0. The minimum Gasteiger partial charge on any atom is -0.380 e. The number of thiazole rings is 1. The molecule has 18 heavy (non-hydrogen) atoms. The number of hydrogen-bond acceptors (Lipinski definition) is 5. The number of primary sulfonamides is 1. The molecule has 1 aromatic heterocycles. The fourth-order valence-corrected chi connectivity index (χ4v) is 2.69. The molecule has 1 aromatic carbocycles. The highest BCUT2D eigenvalue weighted by molar-refractivity contribution is 7.89. The smallest absolute Gasteiger partial charge is 0.238 e. The minimum atomic E-state index is -3.62. The van der Waals surface area contributed by atoms with E-state index in [1.54, 1.807) is 23.5 Å². The lowest BCUT2D eigenvalue weighted by Gasteiger charge is -2.05. The second kappa shape index (κ2) is 5.05. The zero-order valence-corrected chi connectivity index (χ0v) is 11.4. The first-order valence-electron chi connectivity index (χ1n) is 5.23. The van der Waals surface area contributed by atoms with Crippen molar-refractivity contribution < 1.29 is 8.42 Å². The van der Waals surface area contributed by atoms with E-state index in [1.165, 1.54) is 12.1 Å². The monoisotopic (exact) mass is 283 g/mol. The number of rotatable bonds is 4. The van der Waals surface area contributed by atoms with E-state index >= 15 is 0 Å². The van der Waals surface area contributed by atoms with Crippen LogP contribution in [0.4, 0.5) is 5.69 Å². The predicted molar refractivity (Wildman–Crippen MR) is 72.0 cm³/mol. The molecule has 0 saturated carbocycles. The van der Waals surface area contributed by atoms with Gasteiger partial charge in [-0.1, -0.05) is 0 Å². The minimum absolute atomic E-state index is 0.113. The van der Waals surface area contributed by atoms with Gasteiger partial charge in [0, 0.05) is 16.8 Å². The Bertz CT molecular complexity index is 633. The molecule has 5 nitrogen and oxygen atoms in total. The van der Waals surface area contributed by atoms with Crippen molar-refractivity contribution >= 4 is 27.0 Å². The molecule has 0 radical (unpaired) electrons. The molecule has 0 aliphatic carbocycles. The maximum atomic E-state index is 11.1. The largest absolute Gasteiger partial charge is 0.380 e. The van der Waals surface area contributed by atoms with Crippen LogP contribution in [-0.4, -0.2) is 13.4 Å². The Morgan fingerprint density at radius 3 is 2.50 bits per heavy atom. The number of aryl methyl sites for hydroxylation is 1. The Balaban J connectivity index is 2.03. The maximum absolute atomic E-state index is 11.1. The molecule has 96 valence electrons. The molecule has 1 heterocycles. The Morgan fingerprint density at radius 1 is 1.33 bits per heavy atom. The van der Waals surface area contributed by atoms with Gasteiger partial charge in [-0.2, -0.15) is 0 Å². The van der Waals surface area contributed by atoms with Gasteiger partial charge in [0.05, 0.1) is 16.4 Å². The summed E-state index contributed by atoms with van der Waals surface area (Å²) < 4.78 is 22.2. The van der Waals surface area contributed by atoms with E-state index in [4.69, 9.17) is 5.14 Å². The number of hydrogen-bond donors (Lipinski definition) is 2. The number of nitrogens with one attached hydrogen (secondary N) is 1. The Labute approximate surface area is 110 Å². The summed E-state index contributed by atoms with van der Waals surface area (Å²) >= 11 is 1.62. The first kappa shape index (κ1) is 13.0. The van der Waals surface area contributed by atoms with Crippen LogP contribution in [0.2, 0.25) is 0 Å². The average Bonchev–Trinajstić information content (AvgIpc) is 2.72. The van der Waals surface area contributed by atoms with Crippen LogP contribution in [0, 0.1) is 6.92 Å². The van der Waals surface area contributed by atoms with Crippen LogP contribution in [0.3, 0.4) is 0 Å². The maximum Gasteiger partial charge on any atom is 0.238 e.